The molecule has 2 saturated heterocycles. The summed E-state index contributed by atoms with van der Waals surface area (Å²) in [6, 6.07) is 0.845. The van der Waals surface area contributed by atoms with Crippen LogP contribution in [0.25, 0.3) is 0 Å². The zero-order valence-electron chi connectivity index (χ0n) is 7.84. The first-order valence-corrected chi connectivity index (χ1v) is 5.36. The lowest BCUT2D eigenvalue weighted by atomic mass is 9.84. The molecule has 0 aromatic carbocycles. The van der Waals surface area contributed by atoms with E-state index in [-0.39, 0.29) is 0 Å². The van der Waals surface area contributed by atoms with Gasteiger partial charge in [-0.25, -0.2) is 0 Å². The number of rotatable bonds is 1. The van der Waals surface area contributed by atoms with Crippen LogP contribution in [0.5, 0.6) is 0 Å². The molecule has 2 nitrogen and oxygen atoms in total. The first-order chi connectivity index (χ1) is 5.92. The van der Waals surface area contributed by atoms with E-state index >= 15 is 0 Å². The monoisotopic (exact) mass is 168 g/mol. The number of hydrogen-bond donors (Lipinski definition) is 1. The van der Waals surface area contributed by atoms with Gasteiger partial charge in [0.2, 0.25) is 0 Å². The highest BCUT2D eigenvalue weighted by molar-refractivity contribution is 4.87. The van der Waals surface area contributed by atoms with E-state index in [0.29, 0.717) is 0 Å². The van der Waals surface area contributed by atoms with Gasteiger partial charge in [-0.15, -0.1) is 0 Å². The average molecular weight is 168 g/mol. The van der Waals surface area contributed by atoms with Crippen LogP contribution in [0, 0.1) is 5.92 Å². The lowest BCUT2D eigenvalue weighted by molar-refractivity contribution is 0.0632. The average Bonchev–Trinajstić information content (AvgIpc) is 2.17. The molecule has 0 aliphatic carbocycles. The van der Waals surface area contributed by atoms with Crippen LogP contribution in [0.1, 0.15) is 32.1 Å². The van der Waals surface area contributed by atoms with E-state index in [1.807, 2.05) is 0 Å². The third-order valence-electron chi connectivity index (χ3n) is 3.53. The number of fused-ring (bicyclic) bond motifs is 1. The first-order valence-electron chi connectivity index (χ1n) is 5.36. The van der Waals surface area contributed by atoms with E-state index in [1.165, 1.54) is 45.2 Å². The van der Waals surface area contributed by atoms with Crippen molar-refractivity contribution in [2.24, 2.45) is 11.7 Å². The van der Waals surface area contributed by atoms with Crippen LogP contribution >= 0.6 is 0 Å². The van der Waals surface area contributed by atoms with Crippen LogP contribution in [0.3, 0.4) is 0 Å². The molecule has 0 aromatic heterocycles. The summed E-state index contributed by atoms with van der Waals surface area (Å²) in [6.07, 6.45) is 6.99. The zero-order valence-corrected chi connectivity index (χ0v) is 7.84. The molecule has 0 saturated carbocycles. The van der Waals surface area contributed by atoms with Gasteiger partial charge in [0.15, 0.2) is 0 Å². The minimum absolute atomic E-state index is 0.805. The Hall–Kier alpha value is -0.0800. The molecule has 2 aliphatic heterocycles. The number of nitrogens with two attached hydrogens (primary N) is 1. The lowest BCUT2D eigenvalue weighted by Gasteiger charge is -2.44. The minimum atomic E-state index is 0.805. The van der Waals surface area contributed by atoms with Crippen LogP contribution in [-0.2, 0) is 0 Å². The molecule has 0 spiro atoms. The maximum Gasteiger partial charge on any atom is 0.0136 e. The Labute approximate surface area is 75.1 Å². The van der Waals surface area contributed by atoms with Crippen molar-refractivity contribution in [3.63, 3.8) is 0 Å². The molecule has 12 heavy (non-hydrogen) atoms. The van der Waals surface area contributed by atoms with Crippen LogP contribution in [0.15, 0.2) is 0 Å². The van der Waals surface area contributed by atoms with E-state index in [4.69, 9.17) is 5.73 Å². The predicted octanol–water partition coefficient (Wildman–Crippen LogP) is 1.21. The largest absolute Gasteiger partial charge is 0.330 e. The number of nitrogens with zero attached hydrogens (tertiary/aromatic N) is 1. The molecule has 2 N–H and O–H groups in total. The lowest BCUT2D eigenvalue weighted by Crippen LogP contribution is -2.49. The van der Waals surface area contributed by atoms with Crippen molar-refractivity contribution in [3.8, 4) is 0 Å². The van der Waals surface area contributed by atoms with E-state index < -0.39 is 0 Å². The fraction of sp³-hybridized carbons (Fsp3) is 1.00. The fourth-order valence-corrected chi connectivity index (χ4v) is 2.85. The Morgan fingerprint density at radius 2 is 1.92 bits per heavy atom. The molecule has 2 fully saturated rings. The van der Waals surface area contributed by atoms with Gasteiger partial charge in [-0.05, 0) is 51.2 Å². The summed E-state index contributed by atoms with van der Waals surface area (Å²) in [5.41, 5.74) is 5.78. The van der Waals surface area contributed by atoms with Crippen LogP contribution in [0.4, 0.5) is 0 Å². The summed E-state index contributed by atoms with van der Waals surface area (Å²) in [5.74, 6) is 0.805. The highest BCUT2D eigenvalue weighted by Gasteiger charge is 2.31. The Morgan fingerprint density at radius 1 is 1.08 bits per heavy atom. The van der Waals surface area contributed by atoms with Gasteiger partial charge >= 0.3 is 0 Å². The molecule has 0 amide bonds. The first kappa shape index (κ1) is 8.52. The molecular formula is C10H20N2. The predicted molar refractivity (Wildman–Crippen MR) is 51.0 cm³/mol. The van der Waals surface area contributed by atoms with Gasteiger partial charge in [-0.2, -0.15) is 0 Å². The SMILES string of the molecule is NC[C@H]1CCCN2CCCC[C@@H]12. The topological polar surface area (TPSA) is 29.3 Å². The molecule has 0 unspecified atom stereocenters. The molecule has 0 bridgehead atoms. The van der Waals surface area contributed by atoms with Gasteiger partial charge in [-0.3, -0.25) is 0 Å². The molecule has 2 atom stereocenters. The van der Waals surface area contributed by atoms with Crippen molar-refractivity contribution < 1.29 is 0 Å². The van der Waals surface area contributed by atoms with Crippen LogP contribution < -0.4 is 5.73 Å². The molecule has 2 aliphatic rings. The van der Waals surface area contributed by atoms with Crippen molar-refractivity contribution in [2.45, 2.75) is 38.1 Å². The van der Waals surface area contributed by atoms with E-state index in [1.54, 1.807) is 0 Å². The third kappa shape index (κ3) is 1.50. The molecule has 70 valence electrons. The number of piperidine rings is 2. The van der Waals surface area contributed by atoms with E-state index in [2.05, 4.69) is 4.90 Å². The maximum absolute atomic E-state index is 5.78. The Bertz CT molecular complexity index is 138. The van der Waals surface area contributed by atoms with E-state index in [0.717, 1.165) is 18.5 Å². The normalized spacial score (nSPS) is 37.8. The number of hydrogen-bond acceptors (Lipinski definition) is 2. The minimum Gasteiger partial charge on any atom is -0.330 e. The van der Waals surface area contributed by atoms with E-state index in [9.17, 15) is 0 Å². The van der Waals surface area contributed by atoms with Crippen molar-refractivity contribution in [1.29, 1.82) is 0 Å². The van der Waals surface area contributed by atoms with Crippen molar-refractivity contribution >= 4 is 0 Å². The molecule has 2 rings (SSSR count). The standard InChI is InChI=1S/C10H20N2/c11-8-9-4-3-7-12-6-2-1-5-10(9)12/h9-10H,1-8,11H2/t9-,10+/m1/s1. The van der Waals surface area contributed by atoms with Gasteiger partial charge in [0.25, 0.3) is 0 Å². The summed E-state index contributed by atoms with van der Waals surface area (Å²) in [6.45, 7) is 3.57. The summed E-state index contributed by atoms with van der Waals surface area (Å²) < 4.78 is 0. The smallest absolute Gasteiger partial charge is 0.0136 e. The quantitative estimate of drug-likeness (QED) is 0.637. The second-order valence-electron chi connectivity index (χ2n) is 4.24. The van der Waals surface area contributed by atoms with Gasteiger partial charge in [0.1, 0.15) is 0 Å². The van der Waals surface area contributed by atoms with Gasteiger partial charge < -0.3 is 10.6 Å². The summed E-state index contributed by atoms with van der Waals surface area (Å²) >= 11 is 0. The molecule has 2 heteroatoms. The summed E-state index contributed by atoms with van der Waals surface area (Å²) in [5, 5.41) is 0. The molecule has 0 radical (unpaired) electrons. The second kappa shape index (κ2) is 3.75. The van der Waals surface area contributed by atoms with Gasteiger partial charge in [-0.1, -0.05) is 6.42 Å². The Morgan fingerprint density at radius 3 is 2.75 bits per heavy atom. The molecule has 2 heterocycles. The van der Waals surface area contributed by atoms with Crippen LogP contribution in [0.2, 0.25) is 0 Å². The van der Waals surface area contributed by atoms with Crippen molar-refractivity contribution in [3.05, 3.63) is 0 Å². The molecule has 0 aromatic rings. The summed E-state index contributed by atoms with van der Waals surface area (Å²) in [4.78, 5) is 2.67. The maximum atomic E-state index is 5.78. The fourth-order valence-electron chi connectivity index (χ4n) is 2.85. The summed E-state index contributed by atoms with van der Waals surface area (Å²) in [7, 11) is 0. The van der Waals surface area contributed by atoms with Gasteiger partial charge in [0.05, 0.1) is 0 Å². The molecular weight excluding hydrogens is 148 g/mol. The Kier molecular flexibility index (Phi) is 2.66. The highest BCUT2D eigenvalue weighted by atomic mass is 15.2. The highest BCUT2D eigenvalue weighted by Crippen LogP contribution is 2.29. The van der Waals surface area contributed by atoms with Gasteiger partial charge in [0, 0.05) is 6.04 Å². The van der Waals surface area contributed by atoms with Crippen molar-refractivity contribution in [2.75, 3.05) is 19.6 Å². The third-order valence-corrected chi connectivity index (χ3v) is 3.53. The Balaban J connectivity index is 1.99. The zero-order chi connectivity index (χ0) is 8.39. The van der Waals surface area contributed by atoms with Crippen LogP contribution in [-0.4, -0.2) is 30.6 Å². The second-order valence-corrected chi connectivity index (χ2v) is 4.24. The van der Waals surface area contributed by atoms with Crippen molar-refractivity contribution in [1.82, 2.24) is 4.90 Å².